The largest absolute Gasteiger partial charge is 0.508 e. The molecule has 1 aliphatic carbocycles. The Kier molecular flexibility index (Phi) is 5.66. The predicted molar refractivity (Wildman–Crippen MR) is 114 cm³/mol. The highest BCUT2D eigenvalue weighted by molar-refractivity contribution is 5.54. The average Bonchev–Trinajstić information content (AvgIpc) is 2.57. The molecule has 0 fully saturated rings. The molecule has 0 saturated heterocycles. The van der Waals surface area contributed by atoms with Crippen LogP contribution >= 0.6 is 0 Å². The molecule has 1 heterocycles. The summed E-state index contributed by atoms with van der Waals surface area (Å²) < 4.78 is 6.49. The first-order chi connectivity index (χ1) is 12.7. The van der Waals surface area contributed by atoms with E-state index in [-0.39, 0.29) is 11.0 Å². The summed E-state index contributed by atoms with van der Waals surface area (Å²) in [7, 11) is 0. The number of benzene rings is 1. The van der Waals surface area contributed by atoms with Crippen molar-refractivity contribution >= 4 is 0 Å². The van der Waals surface area contributed by atoms with Crippen molar-refractivity contribution in [2.45, 2.75) is 103 Å². The van der Waals surface area contributed by atoms with Gasteiger partial charge in [-0.1, -0.05) is 58.1 Å². The summed E-state index contributed by atoms with van der Waals surface area (Å²) in [5, 5.41) is 11.0. The van der Waals surface area contributed by atoms with Crippen molar-refractivity contribution in [2.24, 2.45) is 5.92 Å². The summed E-state index contributed by atoms with van der Waals surface area (Å²) in [6.07, 6.45) is 10.6. The quantitative estimate of drug-likeness (QED) is 0.422. The maximum Gasteiger partial charge on any atom is 0.127 e. The van der Waals surface area contributed by atoms with Crippen molar-refractivity contribution in [2.75, 3.05) is 0 Å². The van der Waals surface area contributed by atoms with Gasteiger partial charge < -0.3 is 9.84 Å². The number of phenolic OH excluding ortho intramolecular Hbond substituents is 1. The van der Waals surface area contributed by atoms with Crippen molar-refractivity contribution in [3.05, 3.63) is 34.9 Å². The van der Waals surface area contributed by atoms with Gasteiger partial charge in [-0.2, -0.15) is 0 Å². The molecule has 0 spiro atoms. The Morgan fingerprint density at radius 1 is 1.19 bits per heavy atom. The normalized spacial score (nSPS) is 23.9. The van der Waals surface area contributed by atoms with Gasteiger partial charge in [-0.3, -0.25) is 0 Å². The SMILES string of the molecule is CCCCCCC(C)(C)c1cc(O)c2c(c1)OC(C)(C)[C@H]1CC=C(C)C[C@H]21. The summed E-state index contributed by atoms with van der Waals surface area (Å²) in [6.45, 7) is 13.5. The highest BCUT2D eigenvalue weighted by atomic mass is 16.5. The van der Waals surface area contributed by atoms with Crippen LogP contribution in [0.4, 0.5) is 0 Å². The van der Waals surface area contributed by atoms with Crippen LogP contribution in [-0.4, -0.2) is 10.7 Å². The molecule has 1 N–H and O–H groups in total. The van der Waals surface area contributed by atoms with Crippen LogP contribution in [0.2, 0.25) is 0 Å². The van der Waals surface area contributed by atoms with Crippen LogP contribution in [0.5, 0.6) is 11.5 Å². The lowest BCUT2D eigenvalue weighted by Gasteiger charge is -2.47. The van der Waals surface area contributed by atoms with Crippen LogP contribution in [0.25, 0.3) is 0 Å². The van der Waals surface area contributed by atoms with Crippen LogP contribution in [0.1, 0.15) is 104 Å². The summed E-state index contributed by atoms with van der Waals surface area (Å²) in [5.74, 6) is 2.12. The van der Waals surface area contributed by atoms with E-state index in [0.29, 0.717) is 17.6 Å². The van der Waals surface area contributed by atoms with Crippen LogP contribution in [0.15, 0.2) is 23.8 Å². The fraction of sp³-hybridized carbons (Fsp3) is 0.680. The fourth-order valence-electron chi connectivity index (χ4n) is 5.09. The first-order valence-electron chi connectivity index (χ1n) is 10.9. The lowest BCUT2D eigenvalue weighted by Crippen LogP contribution is -2.45. The van der Waals surface area contributed by atoms with Crippen LogP contribution in [-0.2, 0) is 5.41 Å². The van der Waals surface area contributed by atoms with Gasteiger partial charge in [0.2, 0.25) is 0 Å². The van der Waals surface area contributed by atoms with Crippen LogP contribution in [0.3, 0.4) is 0 Å². The van der Waals surface area contributed by atoms with E-state index in [9.17, 15) is 5.11 Å². The van der Waals surface area contributed by atoms with Gasteiger partial charge in [-0.05, 0) is 63.1 Å². The van der Waals surface area contributed by atoms with Gasteiger partial charge in [-0.15, -0.1) is 0 Å². The molecule has 2 nitrogen and oxygen atoms in total. The third kappa shape index (κ3) is 4.05. The third-order valence-corrected chi connectivity index (χ3v) is 6.94. The second-order valence-corrected chi connectivity index (χ2v) is 10.0. The number of phenols is 1. The highest BCUT2D eigenvalue weighted by Crippen LogP contribution is 2.54. The molecule has 0 amide bonds. The van der Waals surface area contributed by atoms with Gasteiger partial charge in [0.15, 0.2) is 0 Å². The summed E-state index contributed by atoms with van der Waals surface area (Å²) in [5.41, 5.74) is 3.52. The number of fused-ring (bicyclic) bond motifs is 3. The zero-order valence-corrected chi connectivity index (χ0v) is 18.2. The Balaban J connectivity index is 1.93. The molecule has 27 heavy (non-hydrogen) atoms. The molecule has 1 aliphatic heterocycles. The second kappa shape index (κ2) is 7.53. The Hall–Kier alpha value is -1.44. The van der Waals surface area contributed by atoms with Gasteiger partial charge in [0, 0.05) is 17.4 Å². The van der Waals surface area contributed by atoms with Crippen LogP contribution in [0, 0.1) is 5.92 Å². The number of hydrogen-bond acceptors (Lipinski definition) is 2. The van der Waals surface area contributed by atoms with E-state index in [2.05, 4.69) is 53.7 Å². The van der Waals surface area contributed by atoms with E-state index >= 15 is 0 Å². The minimum Gasteiger partial charge on any atom is -0.508 e. The smallest absolute Gasteiger partial charge is 0.127 e. The Morgan fingerprint density at radius 2 is 1.93 bits per heavy atom. The maximum absolute atomic E-state index is 11.0. The first kappa shape index (κ1) is 20.3. The Labute approximate surface area is 166 Å². The number of ether oxygens (including phenoxy) is 1. The molecule has 1 aromatic carbocycles. The van der Waals surface area contributed by atoms with Crippen molar-refractivity contribution in [1.29, 1.82) is 0 Å². The first-order valence-corrected chi connectivity index (χ1v) is 10.9. The van der Waals surface area contributed by atoms with E-state index < -0.39 is 0 Å². The lowest BCUT2D eigenvalue weighted by atomic mass is 9.66. The van der Waals surface area contributed by atoms with Gasteiger partial charge in [0.1, 0.15) is 17.1 Å². The maximum atomic E-state index is 11.0. The topological polar surface area (TPSA) is 29.5 Å². The molecule has 0 aromatic heterocycles. The molecule has 0 radical (unpaired) electrons. The second-order valence-electron chi connectivity index (χ2n) is 10.0. The molecule has 3 rings (SSSR count). The van der Waals surface area contributed by atoms with E-state index in [1.807, 2.05) is 6.07 Å². The molecule has 2 atom stereocenters. The van der Waals surface area contributed by atoms with Gasteiger partial charge in [0.25, 0.3) is 0 Å². The number of unbranched alkanes of at least 4 members (excludes halogenated alkanes) is 3. The zero-order chi connectivity index (χ0) is 19.8. The number of allylic oxidation sites excluding steroid dienone is 2. The molecule has 1 aromatic rings. The Bertz CT molecular complexity index is 711. The van der Waals surface area contributed by atoms with E-state index in [0.717, 1.165) is 30.6 Å². The molecule has 0 unspecified atom stereocenters. The lowest BCUT2D eigenvalue weighted by molar-refractivity contribution is 0.00741. The third-order valence-electron chi connectivity index (χ3n) is 6.94. The van der Waals surface area contributed by atoms with E-state index in [1.54, 1.807) is 0 Å². The minimum atomic E-state index is -0.203. The van der Waals surface area contributed by atoms with Gasteiger partial charge in [-0.25, -0.2) is 0 Å². The van der Waals surface area contributed by atoms with E-state index in [4.69, 9.17) is 4.74 Å². The molecule has 0 saturated carbocycles. The summed E-state index contributed by atoms with van der Waals surface area (Å²) >= 11 is 0. The fourth-order valence-corrected chi connectivity index (χ4v) is 5.09. The predicted octanol–water partition coefficient (Wildman–Crippen LogP) is 7.25. The average molecular weight is 371 g/mol. The molecular weight excluding hydrogens is 332 g/mol. The van der Waals surface area contributed by atoms with Crippen molar-refractivity contribution in [3.63, 3.8) is 0 Å². The summed E-state index contributed by atoms with van der Waals surface area (Å²) in [6, 6.07) is 4.24. The van der Waals surface area contributed by atoms with Crippen molar-refractivity contribution in [1.82, 2.24) is 0 Å². The minimum absolute atomic E-state index is 0.0486. The number of hydrogen-bond donors (Lipinski definition) is 1. The van der Waals surface area contributed by atoms with E-state index in [1.165, 1.54) is 36.8 Å². The van der Waals surface area contributed by atoms with Crippen LogP contribution < -0.4 is 4.74 Å². The van der Waals surface area contributed by atoms with Crippen molar-refractivity contribution < 1.29 is 9.84 Å². The van der Waals surface area contributed by atoms with Gasteiger partial charge >= 0.3 is 0 Å². The number of aromatic hydroxyl groups is 1. The highest BCUT2D eigenvalue weighted by Gasteiger charge is 2.46. The monoisotopic (exact) mass is 370 g/mol. The van der Waals surface area contributed by atoms with Crippen molar-refractivity contribution in [3.8, 4) is 11.5 Å². The molecule has 0 bridgehead atoms. The Morgan fingerprint density at radius 3 is 2.63 bits per heavy atom. The zero-order valence-electron chi connectivity index (χ0n) is 18.2. The molecular formula is C25H38O2. The van der Waals surface area contributed by atoms with Gasteiger partial charge in [0.05, 0.1) is 0 Å². The molecule has 150 valence electrons. The molecule has 2 aliphatic rings. The molecule has 2 heteroatoms. The standard InChI is InChI=1S/C25H38O2/c1-7-8-9-10-13-24(3,4)18-15-21(26)23-19-14-17(2)11-12-20(19)25(5,6)27-22(23)16-18/h11,15-16,19-20,26H,7-10,12-14H2,1-6H3/t19-,20-/m0/s1. The summed E-state index contributed by atoms with van der Waals surface area (Å²) in [4.78, 5) is 0. The number of rotatable bonds is 6.